The maximum Gasteiger partial charge on any atom is 0.341 e. The first kappa shape index (κ1) is 23.3. The van der Waals surface area contributed by atoms with Gasteiger partial charge >= 0.3 is 5.97 Å². The Hall–Kier alpha value is -3.32. The van der Waals surface area contributed by atoms with E-state index in [0.29, 0.717) is 21.9 Å². The Morgan fingerprint density at radius 3 is 2.28 bits per heavy atom. The van der Waals surface area contributed by atoms with Crippen LogP contribution in [-0.4, -0.2) is 32.2 Å². The number of amides is 1. The fraction of sp³-hybridized carbons (Fsp3) is 0.280. The predicted molar refractivity (Wildman–Crippen MR) is 127 cm³/mol. The summed E-state index contributed by atoms with van der Waals surface area (Å²) in [5, 5.41) is 5.06. The number of hydrogen-bond donors (Lipinski definition) is 1. The molecule has 0 bridgehead atoms. The van der Waals surface area contributed by atoms with Crippen molar-refractivity contribution in [3.63, 3.8) is 0 Å². The standard InChI is InChI=1S/C25H27NO5S/c1-4-6-17-7-11-20(12-8-17)31-15-22(27)26-24-23(25(28)30-5-2)21(16-32-24)18-9-13-19(29-3)14-10-18/h7-14,16H,4-6,15H2,1-3H3,(H,26,27). The van der Waals surface area contributed by atoms with Crippen LogP contribution in [0.25, 0.3) is 11.1 Å². The molecule has 0 saturated heterocycles. The summed E-state index contributed by atoms with van der Waals surface area (Å²) in [5.41, 5.74) is 3.08. The van der Waals surface area contributed by atoms with Gasteiger partial charge in [0.15, 0.2) is 6.61 Å². The number of carbonyl (C=O) groups is 2. The van der Waals surface area contributed by atoms with Crippen LogP contribution >= 0.6 is 11.3 Å². The van der Waals surface area contributed by atoms with Crippen molar-refractivity contribution in [3.8, 4) is 22.6 Å². The Balaban J connectivity index is 1.73. The van der Waals surface area contributed by atoms with Gasteiger partial charge in [-0.05, 0) is 48.7 Å². The summed E-state index contributed by atoms with van der Waals surface area (Å²) in [6, 6.07) is 15.1. The third-order valence-electron chi connectivity index (χ3n) is 4.76. The summed E-state index contributed by atoms with van der Waals surface area (Å²) < 4.78 is 16.0. The zero-order valence-corrected chi connectivity index (χ0v) is 19.3. The molecule has 0 spiro atoms. The van der Waals surface area contributed by atoms with Gasteiger partial charge in [0.1, 0.15) is 22.1 Å². The van der Waals surface area contributed by atoms with Crippen LogP contribution in [0.15, 0.2) is 53.9 Å². The zero-order valence-electron chi connectivity index (χ0n) is 18.5. The molecule has 1 heterocycles. The first-order valence-electron chi connectivity index (χ1n) is 10.5. The lowest BCUT2D eigenvalue weighted by molar-refractivity contribution is -0.118. The smallest absolute Gasteiger partial charge is 0.341 e. The fourth-order valence-electron chi connectivity index (χ4n) is 3.19. The second-order valence-corrected chi connectivity index (χ2v) is 7.91. The van der Waals surface area contributed by atoms with Gasteiger partial charge in [-0.1, -0.05) is 37.6 Å². The predicted octanol–water partition coefficient (Wildman–Crippen LogP) is 5.57. The second kappa shape index (κ2) is 11.3. The molecule has 0 radical (unpaired) electrons. The molecule has 7 heteroatoms. The van der Waals surface area contributed by atoms with Crippen LogP contribution in [0.1, 0.15) is 36.2 Å². The van der Waals surface area contributed by atoms with Crippen LogP contribution in [0.4, 0.5) is 5.00 Å². The third kappa shape index (κ3) is 5.88. The summed E-state index contributed by atoms with van der Waals surface area (Å²) in [5.74, 6) is 0.504. The van der Waals surface area contributed by atoms with Crippen LogP contribution < -0.4 is 14.8 Å². The number of thiophene rings is 1. The molecule has 0 atom stereocenters. The van der Waals surface area contributed by atoms with Crippen molar-refractivity contribution in [2.45, 2.75) is 26.7 Å². The molecule has 3 rings (SSSR count). The van der Waals surface area contributed by atoms with Gasteiger partial charge in [-0.15, -0.1) is 11.3 Å². The topological polar surface area (TPSA) is 73.9 Å². The highest BCUT2D eigenvalue weighted by Gasteiger charge is 2.23. The highest BCUT2D eigenvalue weighted by molar-refractivity contribution is 7.15. The molecular formula is C25H27NO5S. The number of aryl methyl sites for hydroxylation is 1. The minimum Gasteiger partial charge on any atom is -0.497 e. The van der Waals surface area contributed by atoms with Crippen molar-refractivity contribution in [1.82, 2.24) is 0 Å². The average molecular weight is 454 g/mol. The molecule has 1 amide bonds. The van der Waals surface area contributed by atoms with Crippen molar-refractivity contribution in [2.24, 2.45) is 0 Å². The normalized spacial score (nSPS) is 10.5. The van der Waals surface area contributed by atoms with Crippen LogP contribution in [-0.2, 0) is 16.0 Å². The van der Waals surface area contributed by atoms with Crippen LogP contribution in [0.3, 0.4) is 0 Å². The number of nitrogens with one attached hydrogen (secondary N) is 1. The highest BCUT2D eigenvalue weighted by atomic mass is 32.1. The van der Waals surface area contributed by atoms with Gasteiger partial charge in [0.2, 0.25) is 0 Å². The van der Waals surface area contributed by atoms with Crippen molar-refractivity contribution >= 4 is 28.2 Å². The van der Waals surface area contributed by atoms with E-state index < -0.39 is 5.97 Å². The molecule has 0 fully saturated rings. The number of carbonyl (C=O) groups excluding carboxylic acids is 2. The number of methoxy groups -OCH3 is 1. The Bertz CT molecular complexity index is 1040. The Kier molecular flexibility index (Phi) is 8.27. The molecule has 3 aromatic rings. The molecule has 168 valence electrons. The Morgan fingerprint density at radius 1 is 0.969 bits per heavy atom. The van der Waals surface area contributed by atoms with Gasteiger partial charge in [0, 0.05) is 10.9 Å². The zero-order chi connectivity index (χ0) is 22.9. The van der Waals surface area contributed by atoms with Gasteiger partial charge in [-0.2, -0.15) is 0 Å². The number of hydrogen-bond acceptors (Lipinski definition) is 6. The lowest BCUT2D eigenvalue weighted by Crippen LogP contribution is -2.21. The molecule has 1 N–H and O–H groups in total. The number of anilines is 1. The average Bonchev–Trinajstić information content (AvgIpc) is 3.22. The van der Waals surface area contributed by atoms with E-state index >= 15 is 0 Å². The van der Waals surface area contributed by atoms with Gasteiger partial charge in [0.25, 0.3) is 5.91 Å². The van der Waals surface area contributed by atoms with E-state index in [-0.39, 0.29) is 19.1 Å². The quantitative estimate of drug-likeness (QED) is 0.406. The molecule has 32 heavy (non-hydrogen) atoms. The molecular weight excluding hydrogens is 426 g/mol. The second-order valence-electron chi connectivity index (χ2n) is 7.03. The van der Waals surface area contributed by atoms with Gasteiger partial charge in [-0.3, -0.25) is 4.79 Å². The summed E-state index contributed by atoms with van der Waals surface area (Å²) in [4.78, 5) is 25.2. The van der Waals surface area contributed by atoms with E-state index in [1.165, 1.54) is 16.9 Å². The third-order valence-corrected chi connectivity index (χ3v) is 5.65. The summed E-state index contributed by atoms with van der Waals surface area (Å²) in [6.07, 6.45) is 2.08. The monoisotopic (exact) mass is 453 g/mol. The molecule has 2 aromatic carbocycles. The minimum atomic E-state index is -0.484. The molecule has 0 saturated carbocycles. The Labute approximate surface area is 192 Å². The van der Waals surface area contributed by atoms with E-state index in [9.17, 15) is 9.59 Å². The summed E-state index contributed by atoms with van der Waals surface area (Å²) in [6.45, 7) is 3.95. The van der Waals surface area contributed by atoms with Crippen molar-refractivity contribution < 1.29 is 23.8 Å². The summed E-state index contributed by atoms with van der Waals surface area (Å²) in [7, 11) is 1.60. The van der Waals surface area contributed by atoms with Crippen LogP contribution in [0, 0.1) is 0 Å². The maximum absolute atomic E-state index is 12.7. The first-order chi connectivity index (χ1) is 15.5. The Morgan fingerprint density at radius 2 is 1.66 bits per heavy atom. The maximum atomic E-state index is 12.7. The number of esters is 1. The highest BCUT2D eigenvalue weighted by Crippen LogP contribution is 2.36. The number of rotatable bonds is 10. The first-order valence-corrected chi connectivity index (χ1v) is 11.4. The molecule has 0 unspecified atom stereocenters. The number of benzene rings is 2. The summed E-state index contributed by atoms with van der Waals surface area (Å²) >= 11 is 1.27. The lowest BCUT2D eigenvalue weighted by Gasteiger charge is -2.10. The van der Waals surface area contributed by atoms with Crippen molar-refractivity contribution in [2.75, 3.05) is 25.6 Å². The van der Waals surface area contributed by atoms with Crippen molar-refractivity contribution in [3.05, 3.63) is 65.0 Å². The van der Waals surface area contributed by atoms with Gasteiger partial charge in [0.05, 0.1) is 13.7 Å². The van der Waals surface area contributed by atoms with Gasteiger partial charge < -0.3 is 19.5 Å². The SMILES string of the molecule is CCCc1ccc(OCC(=O)Nc2scc(-c3ccc(OC)cc3)c2C(=O)OCC)cc1. The molecule has 0 aliphatic heterocycles. The van der Waals surface area contributed by atoms with Crippen LogP contribution in [0.5, 0.6) is 11.5 Å². The molecule has 0 aliphatic carbocycles. The van der Waals surface area contributed by atoms with E-state index in [1.54, 1.807) is 14.0 Å². The largest absolute Gasteiger partial charge is 0.497 e. The molecule has 0 aliphatic rings. The van der Waals surface area contributed by atoms with Crippen LogP contribution in [0.2, 0.25) is 0 Å². The fourth-order valence-corrected chi connectivity index (χ4v) is 4.17. The van der Waals surface area contributed by atoms with Gasteiger partial charge in [-0.25, -0.2) is 4.79 Å². The molecule has 1 aromatic heterocycles. The lowest BCUT2D eigenvalue weighted by atomic mass is 10.0. The minimum absolute atomic E-state index is 0.162. The van der Waals surface area contributed by atoms with E-state index in [0.717, 1.165) is 24.2 Å². The van der Waals surface area contributed by atoms with E-state index in [1.807, 2.05) is 53.9 Å². The van der Waals surface area contributed by atoms with E-state index in [4.69, 9.17) is 14.2 Å². The van der Waals surface area contributed by atoms with Crippen molar-refractivity contribution in [1.29, 1.82) is 0 Å². The van der Waals surface area contributed by atoms with E-state index in [2.05, 4.69) is 12.2 Å². The molecule has 6 nitrogen and oxygen atoms in total. The number of ether oxygens (including phenoxy) is 3.